The number of hydrogen-bond donors (Lipinski definition) is 2. The fourth-order valence-electron chi connectivity index (χ4n) is 2.42. The van der Waals surface area contributed by atoms with E-state index in [4.69, 9.17) is 4.74 Å². The minimum absolute atomic E-state index is 0. The molecule has 1 unspecified atom stereocenters. The molecular weight excluding hydrogens is 441 g/mol. The van der Waals surface area contributed by atoms with Crippen LogP contribution in [-0.2, 0) is 18.3 Å². The van der Waals surface area contributed by atoms with E-state index in [1.165, 1.54) is 5.56 Å². The Morgan fingerprint density at radius 3 is 2.69 bits per heavy atom. The van der Waals surface area contributed by atoms with Gasteiger partial charge in [0.15, 0.2) is 5.96 Å². The van der Waals surface area contributed by atoms with Gasteiger partial charge in [0.1, 0.15) is 0 Å². The van der Waals surface area contributed by atoms with Gasteiger partial charge in [-0.1, -0.05) is 30.3 Å². The van der Waals surface area contributed by atoms with Crippen molar-refractivity contribution in [3.8, 4) is 0 Å². The largest absolute Gasteiger partial charge is 0.374 e. The molecule has 0 fully saturated rings. The fraction of sp³-hybridized carbons (Fsp3) is 0.474. The molecule has 2 aromatic rings. The third kappa shape index (κ3) is 8.18. The van der Waals surface area contributed by atoms with E-state index in [1.807, 2.05) is 37.6 Å². The summed E-state index contributed by atoms with van der Waals surface area (Å²) in [7, 11) is 1.91. The van der Waals surface area contributed by atoms with Crippen molar-refractivity contribution in [2.45, 2.75) is 32.9 Å². The van der Waals surface area contributed by atoms with Crippen LogP contribution >= 0.6 is 24.0 Å². The molecule has 2 N–H and O–H groups in total. The molecule has 1 atom stereocenters. The summed E-state index contributed by atoms with van der Waals surface area (Å²) in [5, 5.41) is 10.8. The predicted octanol–water partition coefficient (Wildman–Crippen LogP) is 3.26. The van der Waals surface area contributed by atoms with E-state index in [1.54, 1.807) is 4.68 Å². The highest BCUT2D eigenvalue weighted by atomic mass is 127. The van der Waals surface area contributed by atoms with Crippen molar-refractivity contribution in [3.05, 3.63) is 53.9 Å². The Labute approximate surface area is 173 Å². The number of halogens is 1. The molecule has 0 radical (unpaired) electrons. The number of aliphatic imine (C=N–C) groups is 1. The molecule has 0 spiro atoms. The predicted molar refractivity (Wildman–Crippen MR) is 117 cm³/mol. The molecule has 144 valence electrons. The van der Waals surface area contributed by atoms with Crippen molar-refractivity contribution in [2.24, 2.45) is 12.0 Å². The summed E-state index contributed by atoms with van der Waals surface area (Å²) >= 11 is 0. The molecule has 0 aliphatic carbocycles. The van der Waals surface area contributed by atoms with Crippen molar-refractivity contribution >= 4 is 29.9 Å². The van der Waals surface area contributed by atoms with E-state index in [9.17, 15) is 0 Å². The highest BCUT2D eigenvalue weighted by Gasteiger charge is 2.04. The van der Waals surface area contributed by atoms with Gasteiger partial charge in [0.05, 0.1) is 18.8 Å². The monoisotopic (exact) mass is 471 g/mol. The van der Waals surface area contributed by atoms with Crippen molar-refractivity contribution in [2.75, 3.05) is 19.7 Å². The van der Waals surface area contributed by atoms with E-state index in [2.05, 4.69) is 46.7 Å². The number of rotatable bonds is 9. The number of aryl methyl sites for hydroxylation is 1. The molecule has 26 heavy (non-hydrogen) atoms. The maximum absolute atomic E-state index is 5.89. The Morgan fingerprint density at radius 1 is 1.27 bits per heavy atom. The van der Waals surface area contributed by atoms with E-state index in [0.29, 0.717) is 13.2 Å². The Morgan fingerprint density at radius 2 is 2.04 bits per heavy atom. The lowest BCUT2D eigenvalue weighted by Crippen LogP contribution is -2.38. The van der Waals surface area contributed by atoms with E-state index >= 15 is 0 Å². The lowest BCUT2D eigenvalue weighted by molar-refractivity contribution is 0.0646. The van der Waals surface area contributed by atoms with Gasteiger partial charge in [0.2, 0.25) is 0 Å². The molecule has 7 heteroatoms. The molecule has 0 aliphatic rings. The second kappa shape index (κ2) is 12.7. The molecule has 0 bridgehead atoms. The maximum atomic E-state index is 5.89. The first-order valence-electron chi connectivity index (χ1n) is 8.85. The smallest absolute Gasteiger partial charge is 0.191 e. The van der Waals surface area contributed by atoms with Crippen LogP contribution in [0.1, 0.15) is 37.5 Å². The molecule has 1 heterocycles. The molecule has 1 aromatic carbocycles. The first-order chi connectivity index (χ1) is 12.2. The van der Waals surface area contributed by atoms with Gasteiger partial charge in [-0.3, -0.25) is 4.68 Å². The van der Waals surface area contributed by atoms with Crippen molar-refractivity contribution < 1.29 is 4.74 Å². The van der Waals surface area contributed by atoms with Crippen molar-refractivity contribution in [1.82, 2.24) is 20.4 Å². The number of ether oxygens (including phenoxy) is 1. The summed E-state index contributed by atoms with van der Waals surface area (Å²) in [6.45, 7) is 7.13. The van der Waals surface area contributed by atoms with Crippen LogP contribution in [0, 0.1) is 0 Å². The van der Waals surface area contributed by atoms with Gasteiger partial charge in [-0.15, -0.1) is 24.0 Å². The molecule has 0 saturated heterocycles. The number of benzene rings is 1. The van der Waals surface area contributed by atoms with Crippen LogP contribution in [0.3, 0.4) is 0 Å². The van der Waals surface area contributed by atoms with Crippen LogP contribution in [-0.4, -0.2) is 35.4 Å². The van der Waals surface area contributed by atoms with Crippen LogP contribution < -0.4 is 10.6 Å². The molecule has 6 nitrogen and oxygen atoms in total. The van der Waals surface area contributed by atoms with Crippen molar-refractivity contribution in [1.29, 1.82) is 0 Å². The number of aromatic nitrogens is 2. The van der Waals surface area contributed by atoms with Gasteiger partial charge in [-0.05, 0) is 25.8 Å². The minimum atomic E-state index is 0. The molecule has 0 amide bonds. The Balaban J connectivity index is 0.00000338. The summed E-state index contributed by atoms with van der Waals surface area (Å²) in [4.78, 5) is 4.58. The zero-order valence-electron chi connectivity index (χ0n) is 15.8. The van der Waals surface area contributed by atoms with Gasteiger partial charge >= 0.3 is 0 Å². The third-order valence-corrected chi connectivity index (χ3v) is 3.77. The van der Waals surface area contributed by atoms with Crippen molar-refractivity contribution in [3.63, 3.8) is 0 Å². The molecule has 2 rings (SSSR count). The zero-order chi connectivity index (χ0) is 17.9. The average Bonchev–Trinajstić information content (AvgIpc) is 3.05. The van der Waals surface area contributed by atoms with E-state index in [-0.39, 0.29) is 30.1 Å². The molecular formula is C19H30IN5O. The minimum Gasteiger partial charge on any atom is -0.374 e. The normalized spacial score (nSPS) is 12.3. The number of hydrogen-bond acceptors (Lipinski definition) is 3. The second-order valence-corrected chi connectivity index (χ2v) is 5.92. The second-order valence-electron chi connectivity index (χ2n) is 5.92. The fourth-order valence-corrected chi connectivity index (χ4v) is 2.42. The summed E-state index contributed by atoms with van der Waals surface area (Å²) < 4.78 is 7.68. The molecule has 0 aliphatic heterocycles. The topological polar surface area (TPSA) is 63.5 Å². The molecule has 0 saturated carbocycles. The lowest BCUT2D eigenvalue weighted by Gasteiger charge is -2.14. The lowest BCUT2D eigenvalue weighted by atomic mass is 10.1. The van der Waals surface area contributed by atoms with Crippen LogP contribution in [0.25, 0.3) is 0 Å². The molecule has 1 aromatic heterocycles. The highest BCUT2D eigenvalue weighted by Crippen LogP contribution is 2.15. The van der Waals surface area contributed by atoms with Gasteiger partial charge < -0.3 is 15.4 Å². The van der Waals surface area contributed by atoms with E-state index in [0.717, 1.165) is 31.0 Å². The van der Waals surface area contributed by atoms with Gasteiger partial charge in [-0.25, -0.2) is 4.99 Å². The first kappa shape index (κ1) is 22.4. The van der Waals surface area contributed by atoms with E-state index < -0.39 is 0 Å². The Bertz CT molecular complexity index is 644. The summed E-state index contributed by atoms with van der Waals surface area (Å²) in [5.74, 6) is 0.822. The number of nitrogens with one attached hydrogen (secondary N) is 2. The van der Waals surface area contributed by atoms with Crippen LogP contribution in [0.2, 0.25) is 0 Å². The first-order valence-corrected chi connectivity index (χ1v) is 8.85. The zero-order valence-corrected chi connectivity index (χ0v) is 18.1. The Hall–Kier alpha value is -1.61. The standard InChI is InChI=1S/C19H29N5O.HI/c1-4-20-19(22-13-17-14-23-24(3)15-17)21-11-8-12-25-16(2)18-9-6-5-7-10-18;/h5-7,9-10,14-16H,4,8,11-13H2,1-3H3,(H2,20,21,22);1H. The number of nitrogens with zero attached hydrogens (tertiary/aromatic N) is 3. The van der Waals surface area contributed by atoms with Gasteiger partial charge in [0, 0.05) is 38.5 Å². The van der Waals surface area contributed by atoms with Gasteiger partial charge in [-0.2, -0.15) is 5.10 Å². The van der Waals surface area contributed by atoms with Crippen LogP contribution in [0.5, 0.6) is 0 Å². The SMILES string of the molecule is CCNC(=NCc1cnn(C)c1)NCCCOC(C)c1ccccc1.I. The summed E-state index contributed by atoms with van der Waals surface area (Å²) in [6.07, 6.45) is 4.86. The number of guanidine groups is 1. The average molecular weight is 471 g/mol. The third-order valence-electron chi connectivity index (χ3n) is 3.77. The summed E-state index contributed by atoms with van der Waals surface area (Å²) in [5.41, 5.74) is 2.31. The summed E-state index contributed by atoms with van der Waals surface area (Å²) in [6, 6.07) is 10.3. The quantitative estimate of drug-likeness (QED) is 0.255. The van der Waals surface area contributed by atoms with Crippen LogP contribution in [0.4, 0.5) is 0 Å². The van der Waals surface area contributed by atoms with Crippen LogP contribution in [0.15, 0.2) is 47.7 Å². The van der Waals surface area contributed by atoms with Gasteiger partial charge in [0.25, 0.3) is 0 Å². The maximum Gasteiger partial charge on any atom is 0.191 e. The highest BCUT2D eigenvalue weighted by molar-refractivity contribution is 14.0. The Kier molecular flexibility index (Phi) is 11.0.